The second-order valence-electron chi connectivity index (χ2n) is 7.44. The highest BCUT2D eigenvalue weighted by atomic mass is 16.2. The lowest BCUT2D eigenvalue weighted by Gasteiger charge is -2.39. The monoisotopic (exact) mass is 254 g/mol. The van der Waals surface area contributed by atoms with Gasteiger partial charge in [0.15, 0.2) is 0 Å². The van der Waals surface area contributed by atoms with E-state index in [9.17, 15) is 9.59 Å². The molecule has 18 heavy (non-hydrogen) atoms. The predicted molar refractivity (Wildman–Crippen MR) is 72.0 cm³/mol. The van der Waals surface area contributed by atoms with Gasteiger partial charge in [0.2, 0.25) is 11.8 Å². The molecule has 1 rings (SSSR count). The molecule has 4 nitrogen and oxygen atoms in total. The van der Waals surface area contributed by atoms with Crippen LogP contribution in [0, 0.1) is 10.8 Å². The lowest BCUT2D eigenvalue weighted by molar-refractivity contribution is -0.147. The van der Waals surface area contributed by atoms with Gasteiger partial charge in [0.05, 0.1) is 6.54 Å². The Bertz CT molecular complexity index is 337. The Morgan fingerprint density at radius 3 is 2.17 bits per heavy atom. The molecule has 0 aromatic rings. The SMILES string of the molecule is CC(C)(C)CCN1CC(=O)NC(C(C)(C)C)C1=O. The quantitative estimate of drug-likeness (QED) is 0.817. The zero-order valence-corrected chi connectivity index (χ0v) is 12.5. The van der Waals surface area contributed by atoms with Crippen LogP contribution >= 0.6 is 0 Å². The second kappa shape index (κ2) is 4.90. The van der Waals surface area contributed by atoms with Crippen LogP contribution in [-0.2, 0) is 9.59 Å². The zero-order valence-electron chi connectivity index (χ0n) is 12.5. The smallest absolute Gasteiger partial charge is 0.246 e. The van der Waals surface area contributed by atoms with Gasteiger partial charge in [-0.1, -0.05) is 41.5 Å². The van der Waals surface area contributed by atoms with Crippen molar-refractivity contribution in [3.05, 3.63) is 0 Å². The third-order valence-electron chi connectivity index (χ3n) is 3.20. The summed E-state index contributed by atoms with van der Waals surface area (Å²) in [7, 11) is 0. The molecule has 1 saturated heterocycles. The van der Waals surface area contributed by atoms with Crippen molar-refractivity contribution in [3.8, 4) is 0 Å². The Morgan fingerprint density at radius 2 is 1.72 bits per heavy atom. The van der Waals surface area contributed by atoms with E-state index in [2.05, 4.69) is 26.1 Å². The van der Waals surface area contributed by atoms with Crippen LogP contribution in [0.5, 0.6) is 0 Å². The minimum absolute atomic E-state index is 0.0475. The number of amides is 2. The van der Waals surface area contributed by atoms with Crippen molar-refractivity contribution in [3.63, 3.8) is 0 Å². The van der Waals surface area contributed by atoms with Crippen molar-refractivity contribution in [1.82, 2.24) is 10.2 Å². The largest absolute Gasteiger partial charge is 0.342 e. The van der Waals surface area contributed by atoms with Gasteiger partial charge in [-0.25, -0.2) is 0 Å². The van der Waals surface area contributed by atoms with Crippen LogP contribution in [0.2, 0.25) is 0 Å². The molecule has 0 bridgehead atoms. The average molecular weight is 254 g/mol. The van der Waals surface area contributed by atoms with Crippen molar-refractivity contribution in [2.75, 3.05) is 13.1 Å². The molecule has 1 atom stereocenters. The average Bonchev–Trinajstić information content (AvgIpc) is 2.16. The van der Waals surface area contributed by atoms with Gasteiger partial charge >= 0.3 is 0 Å². The Kier molecular flexibility index (Phi) is 4.08. The molecular formula is C14H26N2O2. The van der Waals surface area contributed by atoms with Gasteiger partial charge in [0.1, 0.15) is 6.04 Å². The van der Waals surface area contributed by atoms with Crippen molar-refractivity contribution in [1.29, 1.82) is 0 Å². The summed E-state index contributed by atoms with van der Waals surface area (Å²) in [5.74, 6) is -0.00483. The maximum atomic E-state index is 12.3. The summed E-state index contributed by atoms with van der Waals surface area (Å²) in [5.41, 5.74) is -0.0709. The molecule has 1 unspecified atom stereocenters. The first-order valence-electron chi connectivity index (χ1n) is 6.59. The minimum atomic E-state index is -0.404. The number of carbonyl (C=O) groups is 2. The molecule has 0 aliphatic carbocycles. The Balaban J connectivity index is 2.74. The van der Waals surface area contributed by atoms with E-state index in [0.717, 1.165) is 6.42 Å². The van der Waals surface area contributed by atoms with Crippen molar-refractivity contribution in [2.24, 2.45) is 10.8 Å². The van der Waals surface area contributed by atoms with Crippen molar-refractivity contribution < 1.29 is 9.59 Å². The zero-order chi connectivity index (χ0) is 14.1. The van der Waals surface area contributed by atoms with Crippen LogP contribution in [0.15, 0.2) is 0 Å². The second-order valence-corrected chi connectivity index (χ2v) is 7.44. The molecular weight excluding hydrogens is 228 g/mol. The van der Waals surface area contributed by atoms with Gasteiger partial charge in [0.25, 0.3) is 0 Å². The number of hydrogen-bond donors (Lipinski definition) is 1. The number of piperazine rings is 1. The standard InChI is InChI=1S/C14H26N2O2/c1-13(2,3)7-8-16-9-10(17)15-11(12(16)18)14(4,5)6/h11H,7-9H2,1-6H3,(H,15,17). The molecule has 2 amide bonds. The number of rotatable bonds is 2. The van der Waals surface area contributed by atoms with Gasteiger partial charge < -0.3 is 10.2 Å². The van der Waals surface area contributed by atoms with Crippen LogP contribution in [0.4, 0.5) is 0 Å². The Labute approximate surface area is 110 Å². The fourth-order valence-corrected chi connectivity index (χ4v) is 1.95. The molecule has 1 N–H and O–H groups in total. The summed E-state index contributed by atoms with van der Waals surface area (Å²) in [6, 6.07) is -0.404. The summed E-state index contributed by atoms with van der Waals surface area (Å²) in [5, 5.41) is 2.80. The van der Waals surface area contributed by atoms with Gasteiger partial charge in [0, 0.05) is 6.54 Å². The number of nitrogens with zero attached hydrogens (tertiary/aromatic N) is 1. The van der Waals surface area contributed by atoms with Gasteiger partial charge in [-0.15, -0.1) is 0 Å². The van der Waals surface area contributed by atoms with Gasteiger partial charge in [-0.3, -0.25) is 9.59 Å². The lowest BCUT2D eigenvalue weighted by Crippen LogP contribution is -2.62. The summed E-state index contributed by atoms with van der Waals surface area (Å²) < 4.78 is 0. The van der Waals surface area contributed by atoms with Crippen LogP contribution < -0.4 is 5.32 Å². The summed E-state index contributed by atoms with van der Waals surface area (Å²) in [6.45, 7) is 13.2. The molecule has 0 saturated carbocycles. The van der Waals surface area contributed by atoms with E-state index in [1.54, 1.807) is 4.90 Å². The molecule has 0 spiro atoms. The lowest BCUT2D eigenvalue weighted by atomic mass is 9.84. The van der Waals surface area contributed by atoms with Crippen molar-refractivity contribution >= 4 is 11.8 Å². The third kappa shape index (κ3) is 4.00. The summed E-state index contributed by atoms with van der Waals surface area (Å²) in [4.78, 5) is 25.7. The molecule has 0 aromatic heterocycles. The number of carbonyl (C=O) groups excluding carboxylic acids is 2. The van der Waals surface area contributed by atoms with Crippen LogP contribution in [0.1, 0.15) is 48.0 Å². The van der Waals surface area contributed by atoms with Gasteiger partial charge in [-0.05, 0) is 17.3 Å². The maximum absolute atomic E-state index is 12.3. The normalized spacial score (nSPS) is 22.1. The topological polar surface area (TPSA) is 49.4 Å². The van der Waals surface area contributed by atoms with E-state index < -0.39 is 6.04 Å². The third-order valence-corrected chi connectivity index (χ3v) is 3.20. The van der Waals surface area contributed by atoms with E-state index in [1.807, 2.05) is 20.8 Å². The molecule has 0 radical (unpaired) electrons. The molecule has 1 heterocycles. The van der Waals surface area contributed by atoms with Crippen molar-refractivity contribution in [2.45, 2.75) is 54.0 Å². The van der Waals surface area contributed by atoms with Gasteiger partial charge in [-0.2, -0.15) is 0 Å². The summed E-state index contributed by atoms with van der Waals surface area (Å²) in [6.07, 6.45) is 0.906. The first kappa shape index (κ1) is 15.0. The first-order valence-corrected chi connectivity index (χ1v) is 6.59. The Morgan fingerprint density at radius 1 is 1.17 bits per heavy atom. The van der Waals surface area contributed by atoms with Crippen LogP contribution in [0.25, 0.3) is 0 Å². The van der Waals surface area contributed by atoms with E-state index >= 15 is 0 Å². The molecule has 104 valence electrons. The van der Waals surface area contributed by atoms with E-state index in [4.69, 9.17) is 0 Å². The molecule has 1 aliphatic heterocycles. The number of hydrogen-bond acceptors (Lipinski definition) is 2. The minimum Gasteiger partial charge on any atom is -0.342 e. The highest BCUT2D eigenvalue weighted by Crippen LogP contribution is 2.25. The van der Waals surface area contributed by atoms with E-state index in [1.165, 1.54) is 0 Å². The molecule has 1 aliphatic rings. The molecule has 4 heteroatoms. The Hall–Kier alpha value is -1.06. The number of nitrogens with one attached hydrogen (secondary N) is 1. The molecule has 0 aromatic carbocycles. The van der Waals surface area contributed by atoms with Crippen LogP contribution in [0.3, 0.4) is 0 Å². The fourth-order valence-electron chi connectivity index (χ4n) is 1.95. The maximum Gasteiger partial charge on any atom is 0.246 e. The highest BCUT2D eigenvalue weighted by Gasteiger charge is 2.39. The molecule has 1 fully saturated rings. The van der Waals surface area contributed by atoms with E-state index in [0.29, 0.717) is 6.54 Å². The fraction of sp³-hybridized carbons (Fsp3) is 0.857. The van der Waals surface area contributed by atoms with E-state index in [-0.39, 0.29) is 29.2 Å². The summed E-state index contributed by atoms with van der Waals surface area (Å²) >= 11 is 0. The van der Waals surface area contributed by atoms with Crippen LogP contribution in [-0.4, -0.2) is 35.8 Å². The predicted octanol–water partition coefficient (Wildman–Crippen LogP) is 1.80. The first-order chi connectivity index (χ1) is 8.00. The highest BCUT2D eigenvalue weighted by molar-refractivity contribution is 5.95.